The maximum absolute atomic E-state index is 13.4. The lowest BCUT2D eigenvalue weighted by Gasteiger charge is -2.18. The Kier molecular flexibility index (Phi) is 8.98. The number of hydrogen-bond donors (Lipinski definition) is 1. The van der Waals surface area contributed by atoms with Gasteiger partial charge in [0.2, 0.25) is 0 Å². The lowest BCUT2D eigenvalue weighted by molar-refractivity contribution is 0.0803. The second kappa shape index (κ2) is 10.5. The summed E-state index contributed by atoms with van der Waals surface area (Å²) < 4.78 is 29.5. The molecule has 4 nitrogen and oxygen atoms in total. The topological polar surface area (TPSA) is 39.7 Å². The third kappa shape index (κ3) is 6.89. The lowest BCUT2D eigenvalue weighted by atomic mass is 10.1. The molecule has 0 amide bonds. The molecule has 0 heterocycles. The first-order valence-corrected chi connectivity index (χ1v) is 7.41. The molecule has 1 unspecified atom stereocenters. The summed E-state index contributed by atoms with van der Waals surface area (Å²) in [6, 6.07) is 4.64. The number of halogens is 1. The predicted octanol–water partition coefficient (Wildman–Crippen LogP) is 2.93. The third-order valence-corrected chi connectivity index (χ3v) is 3.07. The quantitative estimate of drug-likeness (QED) is 0.638. The molecule has 0 spiro atoms. The largest absolute Gasteiger partial charge is 0.491 e. The van der Waals surface area contributed by atoms with Crippen LogP contribution >= 0.6 is 0 Å². The lowest BCUT2D eigenvalue weighted by Crippen LogP contribution is -2.19. The molecule has 0 bridgehead atoms. The minimum atomic E-state index is -0.252. The number of methoxy groups -OCH3 is 1. The zero-order chi connectivity index (χ0) is 15.5. The fraction of sp³-hybridized carbons (Fsp3) is 0.625. The number of benzene rings is 1. The molecule has 0 aliphatic rings. The Balaban J connectivity index is 2.43. The Bertz CT molecular complexity index is 401. The summed E-state index contributed by atoms with van der Waals surface area (Å²) in [4.78, 5) is 0. The minimum Gasteiger partial charge on any atom is -0.491 e. The van der Waals surface area contributed by atoms with Crippen molar-refractivity contribution in [3.8, 4) is 5.75 Å². The summed E-state index contributed by atoms with van der Waals surface area (Å²) in [6.45, 7) is 7.14. The molecule has 1 N–H and O–H groups in total. The van der Waals surface area contributed by atoms with Crippen LogP contribution in [-0.4, -0.2) is 40.1 Å². The zero-order valence-electron chi connectivity index (χ0n) is 13.2. The van der Waals surface area contributed by atoms with Crippen molar-refractivity contribution in [2.24, 2.45) is 0 Å². The van der Waals surface area contributed by atoms with Crippen LogP contribution < -0.4 is 10.1 Å². The second-order valence-corrected chi connectivity index (χ2v) is 4.77. The van der Waals surface area contributed by atoms with Gasteiger partial charge < -0.3 is 19.5 Å². The zero-order valence-corrected chi connectivity index (χ0v) is 13.2. The highest BCUT2D eigenvalue weighted by atomic mass is 19.1. The third-order valence-electron chi connectivity index (χ3n) is 3.07. The Hall–Kier alpha value is -1.17. The fourth-order valence-corrected chi connectivity index (χ4v) is 2.02. The standard InChI is InChI=1S/C16H26FNO3/c1-4-18-13(2)15-12-14(17)6-7-16(15)21-11-10-20-9-5-8-19-3/h6-7,12-13,18H,4-5,8-11H2,1-3H3. The van der Waals surface area contributed by atoms with Gasteiger partial charge in [-0.2, -0.15) is 0 Å². The van der Waals surface area contributed by atoms with Crippen molar-refractivity contribution < 1.29 is 18.6 Å². The van der Waals surface area contributed by atoms with Crippen molar-refractivity contribution in [2.45, 2.75) is 26.3 Å². The van der Waals surface area contributed by atoms with E-state index in [1.165, 1.54) is 12.1 Å². The molecule has 0 aliphatic heterocycles. The van der Waals surface area contributed by atoms with E-state index in [1.807, 2.05) is 13.8 Å². The Labute approximate surface area is 126 Å². The number of hydrogen-bond acceptors (Lipinski definition) is 4. The van der Waals surface area contributed by atoms with Gasteiger partial charge in [-0.1, -0.05) is 6.92 Å². The van der Waals surface area contributed by atoms with Crippen molar-refractivity contribution in [1.82, 2.24) is 5.32 Å². The van der Waals surface area contributed by atoms with E-state index in [9.17, 15) is 4.39 Å². The molecule has 5 heteroatoms. The van der Waals surface area contributed by atoms with Gasteiger partial charge >= 0.3 is 0 Å². The van der Waals surface area contributed by atoms with Gasteiger partial charge in [-0.05, 0) is 38.1 Å². The van der Waals surface area contributed by atoms with Crippen molar-refractivity contribution in [3.63, 3.8) is 0 Å². The van der Waals surface area contributed by atoms with Crippen molar-refractivity contribution >= 4 is 0 Å². The van der Waals surface area contributed by atoms with Crippen LogP contribution in [0.25, 0.3) is 0 Å². The molecule has 0 saturated heterocycles. The molecule has 1 aromatic rings. The molecule has 0 radical (unpaired) electrons. The molecule has 1 rings (SSSR count). The average Bonchev–Trinajstić information content (AvgIpc) is 2.47. The molecule has 0 fully saturated rings. The first-order valence-electron chi connectivity index (χ1n) is 7.41. The summed E-state index contributed by atoms with van der Waals surface area (Å²) >= 11 is 0. The van der Waals surface area contributed by atoms with Gasteiger partial charge in [-0.25, -0.2) is 4.39 Å². The normalized spacial score (nSPS) is 12.4. The highest BCUT2D eigenvalue weighted by Crippen LogP contribution is 2.26. The molecule has 0 aliphatic carbocycles. The molecular formula is C16H26FNO3. The molecule has 0 aromatic heterocycles. The first kappa shape index (κ1) is 17.9. The van der Waals surface area contributed by atoms with Gasteiger partial charge in [0.1, 0.15) is 18.2 Å². The highest BCUT2D eigenvalue weighted by molar-refractivity contribution is 5.36. The van der Waals surface area contributed by atoms with Crippen LogP contribution in [-0.2, 0) is 9.47 Å². The fourth-order valence-electron chi connectivity index (χ4n) is 2.02. The van der Waals surface area contributed by atoms with Gasteiger partial charge in [0.15, 0.2) is 0 Å². The van der Waals surface area contributed by atoms with Gasteiger partial charge in [-0.3, -0.25) is 0 Å². The predicted molar refractivity (Wildman–Crippen MR) is 81.3 cm³/mol. The highest BCUT2D eigenvalue weighted by Gasteiger charge is 2.12. The number of rotatable bonds is 11. The van der Waals surface area contributed by atoms with Crippen LogP contribution in [0.15, 0.2) is 18.2 Å². The van der Waals surface area contributed by atoms with Crippen molar-refractivity contribution in [3.05, 3.63) is 29.6 Å². The van der Waals surface area contributed by atoms with Crippen LogP contribution in [0.3, 0.4) is 0 Å². The molecule has 1 aromatic carbocycles. The SMILES string of the molecule is CCNC(C)c1cc(F)ccc1OCCOCCCOC. The monoisotopic (exact) mass is 299 g/mol. The summed E-state index contributed by atoms with van der Waals surface area (Å²) in [5.41, 5.74) is 0.830. The van der Waals surface area contributed by atoms with E-state index in [0.717, 1.165) is 18.5 Å². The van der Waals surface area contributed by atoms with Gasteiger partial charge in [0, 0.05) is 31.9 Å². The molecule has 0 saturated carbocycles. The summed E-state index contributed by atoms with van der Waals surface area (Å²) in [7, 11) is 1.67. The summed E-state index contributed by atoms with van der Waals surface area (Å²) in [6.07, 6.45) is 0.871. The number of nitrogens with one attached hydrogen (secondary N) is 1. The molecular weight excluding hydrogens is 273 g/mol. The first-order chi connectivity index (χ1) is 10.2. The summed E-state index contributed by atoms with van der Waals surface area (Å²) in [5, 5.41) is 3.26. The Morgan fingerprint density at radius 3 is 2.71 bits per heavy atom. The Morgan fingerprint density at radius 2 is 2.00 bits per heavy atom. The van der Waals surface area contributed by atoms with Crippen molar-refractivity contribution in [1.29, 1.82) is 0 Å². The van der Waals surface area contributed by atoms with E-state index >= 15 is 0 Å². The number of ether oxygens (including phenoxy) is 3. The van der Waals surface area contributed by atoms with Crippen LogP contribution in [0.4, 0.5) is 4.39 Å². The Morgan fingerprint density at radius 1 is 1.19 bits per heavy atom. The van der Waals surface area contributed by atoms with Crippen LogP contribution in [0.5, 0.6) is 5.75 Å². The smallest absolute Gasteiger partial charge is 0.124 e. The van der Waals surface area contributed by atoms with Crippen LogP contribution in [0, 0.1) is 5.82 Å². The maximum atomic E-state index is 13.4. The van der Waals surface area contributed by atoms with Crippen LogP contribution in [0.2, 0.25) is 0 Å². The molecule has 120 valence electrons. The van der Waals surface area contributed by atoms with E-state index in [2.05, 4.69) is 5.32 Å². The van der Waals surface area contributed by atoms with Crippen LogP contribution in [0.1, 0.15) is 31.9 Å². The van der Waals surface area contributed by atoms with Gasteiger partial charge in [0.25, 0.3) is 0 Å². The minimum absolute atomic E-state index is 0.0447. The van der Waals surface area contributed by atoms with E-state index in [1.54, 1.807) is 13.2 Å². The van der Waals surface area contributed by atoms with E-state index in [0.29, 0.717) is 32.2 Å². The van der Waals surface area contributed by atoms with E-state index < -0.39 is 0 Å². The molecule has 21 heavy (non-hydrogen) atoms. The summed E-state index contributed by atoms with van der Waals surface area (Å²) in [5.74, 6) is 0.447. The maximum Gasteiger partial charge on any atom is 0.124 e. The second-order valence-electron chi connectivity index (χ2n) is 4.77. The molecule has 1 atom stereocenters. The van der Waals surface area contributed by atoms with Crippen molar-refractivity contribution in [2.75, 3.05) is 40.1 Å². The van der Waals surface area contributed by atoms with E-state index in [4.69, 9.17) is 14.2 Å². The van der Waals surface area contributed by atoms with Gasteiger partial charge in [-0.15, -0.1) is 0 Å². The van der Waals surface area contributed by atoms with Gasteiger partial charge in [0.05, 0.1) is 6.61 Å². The van der Waals surface area contributed by atoms with E-state index in [-0.39, 0.29) is 11.9 Å². The average molecular weight is 299 g/mol.